The fourth-order valence-electron chi connectivity index (χ4n) is 3.18. The first-order valence-electron chi connectivity index (χ1n) is 9.82. The van der Waals surface area contributed by atoms with Crippen molar-refractivity contribution in [2.45, 2.75) is 13.2 Å². The molecule has 4 aromatic rings. The summed E-state index contributed by atoms with van der Waals surface area (Å²) >= 11 is 7.50. The molecule has 0 saturated carbocycles. The zero-order valence-electron chi connectivity index (χ0n) is 17.0. The molecule has 0 aliphatic carbocycles. The normalized spacial score (nSPS) is 10.6. The van der Waals surface area contributed by atoms with Gasteiger partial charge in [-0.2, -0.15) is 0 Å². The molecule has 3 aromatic carbocycles. The van der Waals surface area contributed by atoms with E-state index in [1.807, 2.05) is 78.9 Å². The summed E-state index contributed by atoms with van der Waals surface area (Å²) in [5.41, 5.74) is 3.36. The van der Waals surface area contributed by atoms with Gasteiger partial charge in [-0.25, -0.2) is 4.98 Å². The number of ether oxygens (including phenoxy) is 1. The molecular formula is C25H21ClN2O2S. The van der Waals surface area contributed by atoms with E-state index in [0.717, 1.165) is 21.7 Å². The van der Waals surface area contributed by atoms with Gasteiger partial charge in [0, 0.05) is 24.0 Å². The van der Waals surface area contributed by atoms with Gasteiger partial charge in [0.2, 0.25) is 0 Å². The molecule has 0 unspecified atom stereocenters. The van der Waals surface area contributed by atoms with E-state index in [4.69, 9.17) is 16.3 Å². The Morgan fingerprint density at radius 3 is 2.55 bits per heavy atom. The number of thiazole rings is 1. The summed E-state index contributed by atoms with van der Waals surface area (Å²) in [4.78, 5) is 19.1. The van der Waals surface area contributed by atoms with E-state index in [1.165, 1.54) is 11.3 Å². The van der Waals surface area contributed by atoms with Gasteiger partial charge in [-0.1, -0.05) is 66.2 Å². The SMILES string of the molecule is CN(Cc1ccccc1)C(=O)c1csc(-c2ccccc2OCc2cccc(Cl)c2)n1. The van der Waals surface area contributed by atoms with Gasteiger partial charge >= 0.3 is 0 Å². The third-order valence-electron chi connectivity index (χ3n) is 4.73. The van der Waals surface area contributed by atoms with Crippen LogP contribution < -0.4 is 4.74 Å². The van der Waals surface area contributed by atoms with Crippen LogP contribution in [0.25, 0.3) is 10.6 Å². The number of halogens is 1. The molecule has 156 valence electrons. The summed E-state index contributed by atoms with van der Waals surface area (Å²) in [5.74, 6) is 0.608. The van der Waals surface area contributed by atoms with E-state index >= 15 is 0 Å². The minimum atomic E-state index is -0.108. The van der Waals surface area contributed by atoms with E-state index in [-0.39, 0.29) is 5.91 Å². The van der Waals surface area contributed by atoms with Crippen LogP contribution in [0.2, 0.25) is 5.02 Å². The largest absolute Gasteiger partial charge is 0.488 e. The molecular weight excluding hydrogens is 428 g/mol. The van der Waals surface area contributed by atoms with E-state index < -0.39 is 0 Å². The van der Waals surface area contributed by atoms with Crippen LogP contribution in [0.3, 0.4) is 0 Å². The van der Waals surface area contributed by atoms with Crippen LogP contribution in [-0.2, 0) is 13.2 Å². The van der Waals surface area contributed by atoms with Crippen molar-refractivity contribution in [3.63, 3.8) is 0 Å². The Balaban J connectivity index is 1.49. The molecule has 0 N–H and O–H groups in total. The molecule has 0 atom stereocenters. The van der Waals surface area contributed by atoms with Crippen LogP contribution in [0.15, 0.2) is 84.2 Å². The van der Waals surface area contributed by atoms with Crippen LogP contribution in [0.5, 0.6) is 5.75 Å². The van der Waals surface area contributed by atoms with Gasteiger partial charge in [0.25, 0.3) is 5.91 Å². The van der Waals surface area contributed by atoms with E-state index in [1.54, 1.807) is 17.3 Å². The summed E-state index contributed by atoms with van der Waals surface area (Å²) in [6, 6.07) is 25.2. The third kappa shape index (κ3) is 5.32. The predicted molar refractivity (Wildman–Crippen MR) is 126 cm³/mol. The second kappa shape index (κ2) is 9.77. The Bertz CT molecular complexity index is 1180. The Morgan fingerprint density at radius 2 is 1.74 bits per heavy atom. The topological polar surface area (TPSA) is 42.4 Å². The third-order valence-corrected chi connectivity index (χ3v) is 5.84. The highest BCUT2D eigenvalue weighted by Gasteiger charge is 2.18. The van der Waals surface area contributed by atoms with Gasteiger partial charge in [0.1, 0.15) is 23.1 Å². The molecule has 0 aliphatic rings. The minimum Gasteiger partial charge on any atom is -0.488 e. The average molecular weight is 449 g/mol. The lowest BCUT2D eigenvalue weighted by molar-refractivity contribution is 0.0780. The lowest BCUT2D eigenvalue weighted by Gasteiger charge is -2.15. The molecule has 4 rings (SSSR count). The predicted octanol–water partition coefficient (Wildman–Crippen LogP) is 6.31. The highest BCUT2D eigenvalue weighted by Crippen LogP contribution is 2.33. The van der Waals surface area contributed by atoms with Crippen molar-refractivity contribution in [3.05, 3.63) is 106 Å². The van der Waals surface area contributed by atoms with Crippen molar-refractivity contribution in [1.82, 2.24) is 9.88 Å². The number of hydrogen-bond acceptors (Lipinski definition) is 4. The number of benzene rings is 3. The first-order chi connectivity index (χ1) is 15.1. The number of hydrogen-bond donors (Lipinski definition) is 0. The lowest BCUT2D eigenvalue weighted by Crippen LogP contribution is -2.26. The van der Waals surface area contributed by atoms with Crippen molar-refractivity contribution < 1.29 is 9.53 Å². The van der Waals surface area contributed by atoms with Gasteiger partial charge < -0.3 is 9.64 Å². The maximum atomic E-state index is 12.8. The van der Waals surface area contributed by atoms with E-state index in [0.29, 0.717) is 29.6 Å². The zero-order valence-corrected chi connectivity index (χ0v) is 18.6. The molecule has 1 aromatic heterocycles. The molecule has 4 nitrogen and oxygen atoms in total. The molecule has 1 heterocycles. The minimum absolute atomic E-state index is 0.108. The van der Waals surface area contributed by atoms with Crippen molar-refractivity contribution in [1.29, 1.82) is 0 Å². The maximum Gasteiger partial charge on any atom is 0.273 e. The molecule has 0 aliphatic heterocycles. The molecule has 0 spiro atoms. The number of aromatic nitrogens is 1. The fraction of sp³-hybridized carbons (Fsp3) is 0.120. The zero-order chi connectivity index (χ0) is 21.6. The number of para-hydroxylation sites is 1. The molecule has 31 heavy (non-hydrogen) atoms. The van der Waals surface area contributed by atoms with Crippen LogP contribution in [0.1, 0.15) is 21.6 Å². The van der Waals surface area contributed by atoms with Gasteiger partial charge in [-0.15, -0.1) is 11.3 Å². The highest BCUT2D eigenvalue weighted by molar-refractivity contribution is 7.13. The first kappa shape index (κ1) is 21.1. The summed E-state index contributed by atoms with van der Waals surface area (Å²) < 4.78 is 6.04. The van der Waals surface area contributed by atoms with Gasteiger partial charge in [-0.05, 0) is 35.4 Å². The van der Waals surface area contributed by atoms with Gasteiger partial charge in [0.15, 0.2) is 0 Å². The average Bonchev–Trinajstić information content (AvgIpc) is 3.28. The van der Waals surface area contributed by atoms with Gasteiger partial charge in [0.05, 0.1) is 5.56 Å². The Kier molecular flexibility index (Phi) is 6.65. The molecule has 1 amide bonds. The van der Waals surface area contributed by atoms with Crippen molar-refractivity contribution in [2.24, 2.45) is 0 Å². The number of rotatable bonds is 7. The molecule has 0 radical (unpaired) electrons. The smallest absolute Gasteiger partial charge is 0.273 e. The van der Waals surface area contributed by atoms with Crippen molar-refractivity contribution >= 4 is 28.8 Å². The van der Waals surface area contributed by atoms with Crippen LogP contribution in [0, 0.1) is 0 Å². The molecule has 0 fully saturated rings. The quantitative estimate of drug-likeness (QED) is 0.332. The second-order valence-corrected chi connectivity index (χ2v) is 8.39. The summed E-state index contributed by atoms with van der Waals surface area (Å²) in [6.07, 6.45) is 0. The highest BCUT2D eigenvalue weighted by atomic mass is 35.5. The monoisotopic (exact) mass is 448 g/mol. The molecule has 0 bridgehead atoms. The van der Waals surface area contributed by atoms with E-state index in [9.17, 15) is 4.79 Å². The molecule has 6 heteroatoms. The van der Waals surface area contributed by atoms with Gasteiger partial charge in [-0.3, -0.25) is 4.79 Å². The fourth-order valence-corrected chi connectivity index (χ4v) is 4.21. The number of carbonyl (C=O) groups is 1. The first-order valence-corrected chi connectivity index (χ1v) is 11.1. The van der Waals surface area contributed by atoms with Crippen LogP contribution >= 0.6 is 22.9 Å². The Morgan fingerprint density at radius 1 is 1.00 bits per heavy atom. The number of nitrogens with zero attached hydrogens (tertiary/aromatic N) is 2. The van der Waals surface area contributed by atoms with Crippen LogP contribution in [0.4, 0.5) is 0 Å². The summed E-state index contributed by atoms with van der Waals surface area (Å²) in [7, 11) is 1.79. The molecule has 0 saturated heterocycles. The van der Waals surface area contributed by atoms with E-state index in [2.05, 4.69) is 4.98 Å². The lowest BCUT2D eigenvalue weighted by atomic mass is 10.2. The van der Waals surface area contributed by atoms with Crippen LogP contribution in [-0.4, -0.2) is 22.8 Å². The standard InChI is InChI=1S/C25H21ClN2O2S/c1-28(15-18-8-3-2-4-9-18)25(29)22-17-31-24(27-22)21-12-5-6-13-23(21)30-16-19-10-7-11-20(26)14-19/h2-14,17H,15-16H2,1H3. The maximum absolute atomic E-state index is 12.8. The number of carbonyl (C=O) groups excluding carboxylic acids is 1. The van der Waals surface area contributed by atoms with Crippen molar-refractivity contribution in [2.75, 3.05) is 7.05 Å². The van der Waals surface area contributed by atoms with Crippen molar-refractivity contribution in [3.8, 4) is 16.3 Å². The Hall–Kier alpha value is -3.15. The summed E-state index contributed by atoms with van der Waals surface area (Å²) in [6.45, 7) is 0.931. The summed E-state index contributed by atoms with van der Waals surface area (Å²) in [5, 5.41) is 3.22. The Labute approximate surface area is 190 Å². The second-order valence-electron chi connectivity index (χ2n) is 7.10. The number of amides is 1.